The number of rotatable bonds is 10. The van der Waals surface area contributed by atoms with Crippen LogP contribution in [0.5, 0.6) is 23.0 Å². The molecule has 1 aliphatic rings. The second-order valence-corrected chi connectivity index (χ2v) is 8.19. The van der Waals surface area contributed by atoms with E-state index in [-0.39, 0.29) is 23.9 Å². The molecule has 0 unspecified atom stereocenters. The highest BCUT2D eigenvalue weighted by Gasteiger charge is 2.34. The Kier molecular flexibility index (Phi) is 8.80. The van der Waals surface area contributed by atoms with Gasteiger partial charge in [0, 0.05) is 19.2 Å². The number of imide groups is 1. The first-order valence-corrected chi connectivity index (χ1v) is 11.4. The molecule has 1 fully saturated rings. The Hall–Kier alpha value is -3.92. The lowest BCUT2D eigenvalue weighted by Crippen LogP contribution is -2.36. The van der Waals surface area contributed by atoms with Gasteiger partial charge in [0.05, 0.1) is 33.3 Å². The first-order valence-electron chi connectivity index (χ1n) is 10.6. The van der Waals surface area contributed by atoms with Crippen molar-refractivity contribution in [2.45, 2.75) is 0 Å². The van der Waals surface area contributed by atoms with Crippen LogP contribution in [0.15, 0.2) is 47.4 Å². The van der Waals surface area contributed by atoms with E-state index in [9.17, 15) is 14.4 Å². The molecule has 1 saturated heterocycles. The molecule has 3 rings (SSSR count). The zero-order valence-corrected chi connectivity index (χ0v) is 20.6. The highest BCUT2D eigenvalue weighted by atomic mass is 32.2. The Morgan fingerprint density at radius 1 is 0.971 bits per heavy atom. The summed E-state index contributed by atoms with van der Waals surface area (Å²) in [5.74, 6) is 1.20. The molecule has 0 spiro atoms. The first kappa shape index (κ1) is 25.7. The second kappa shape index (κ2) is 12.0. The van der Waals surface area contributed by atoms with Crippen molar-refractivity contribution in [1.29, 1.82) is 0 Å². The van der Waals surface area contributed by atoms with Crippen LogP contribution >= 0.6 is 11.8 Å². The summed E-state index contributed by atoms with van der Waals surface area (Å²) in [4.78, 5) is 38.7. The molecule has 0 radical (unpaired) electrons. The van der Waals surface area contributed by atoms with Crippen molar-refractivity contribution in [3.8, 4) is 23.0 Å². The van der Waals surface area contributed by atoms with Gasteiger partial charge < -0.3 is 24.3 Å². The number of carbonyl (C=O) groups excluding carboxylic acids is 3. The number of carbonyl (C=O) groups is 3. The molecule has 2 aromatic carbocycles. The summed E-state index contributed by atoms with van der Waals surface area (Å²) in [6.07, 6.45) is 4.62. The van der Waals surface area contributed by atoms with Crippen LogP contribution in [0.25, 0.3) is 12.2 Å². The van der Waals surface area contributed by atoms with E-state index >= 15 is 0 Å². The number of benzene rings is 2. The van der Waals surface area contributed by atoms with Crippen LogP contribution in [0.1, 0.15) is 11.1 Å². The van der Waals surface area contributed by atoms with Gasteiger partial charge in [0.2, 0.25) is 11.7 Å². The number of methoxy groups -OCH3 is 4. The van der Waals surface area contributed by atoms with Gasteiger partial charge >= 0.3 is 0 Å². The van der Waals surface area contributed by atoms with Crippen molar-refractivity contribution < 1.29 is 33.3 Å². The number of amides is 3. The van der Waals surface area contributed by atoms with Crippen LogP contribution in [0.4, 0.5) is 4.79 Å². The van der Waals surface area contributed by atoms with Crippen LogP contribution in [0.2, 0.25) is 0 Å². The molecule has 0 aliphatic carbocycles. The van der Waals surface area contributed by atoms with Gasteiger partial charge in [-0.15, -0.1) is 0 Å². The van der Waals surface area contributed by atoms with Crippen molar-refractivity contribution in [2.75, 3.05) is 41.5 Å². The second-order valence-electron chi connectivity index (χ2n) is 7.19. The van der Waals surface area contributed by atoms with Gasteiger partial charge in [0.1, 0.15) is 5.75 Å². The van der Waals surface area contributed by atoms with Crippen molar-refractivity contribution in [2.24, 2.45) is 0 Å². The predicted octanol–water partition coefficient (Wildman–Crippen LogP) is 3.59. The molecule has 0 saturated carbocycles. The van der Waals surface area contributed by atoms with Crippen molar-refractivity contribution >= 4 is 41.0 Å². The zero-order chi connectivity index (χ0) is 25.4. The standard InChI is InChI=1S/C25H26N2O7S/c1-31-18-7-5-6-16(12-18)8-9-22(28)26-10-11-27-24(29)21(35-25(27)30)15-17-13-19(32-2)23(34-4)20(14-17)33-3/h5-9,12-15H,10-11H2,1-4H3,(H,26,28)/b9-8+,21-15-. The smallest absolute Gasteiger partial charge is 0.293 e. The van der Waals surface area contributed by atoms with E-state index in [0.29, 0.717) is 28.6 Å². The fraction of sp³-hybridized carbons (Fsp3) is 0.240. The summed E-state index contributed by atoms with van der Waals surface area (Å²) in [7, 11) is 6.06. The van der Waals surface area contributed by atoms with Crippen LogP contribution < -0.4 is 24.3 Å². The molecule has 1 N–H and O–H groups in total. The molecule has 0 atom stereocenters. The minimum Gasteiger partial charge on any atom is -0.497 e. The van der Waals surface area contributed by atoms with E-state index in [0.717, 1.165) is 22.2 Å². The fourth-order valence-corrected chi connectivity index (χ4v) is 4.16. The lowest BCUT2D eigenvalue weighted by atomic mass is 10.1. The van der Waals surface area contributed by atoms with Crippen molar-refractivity contribution in [1.82, 2.24) is 10.2 Å². The maximum absolute atomic E-state index is 12.8. The summed E-state index contributed by atoms with van der Waals surface area (Å²) in [6.45, 7) is 0.173. The third kappa shape index (κ3) is 6.36. The summed E-state index contributed by atoms with van der Waals surface area (Å²) in [5, 5.41) is 2.27. The predicted molar refractivity (Wildman–Crippen MR) is 134 cm³/mol. The van der Waals surface area contributed by atoms with E-state index in [2.05, 4.69) is 5.32 Å². The van der Waals surface area contributed by atoms with Gasteiger partial charge in [-0.2, -0.15) is 0 Å². The molecule has 1 aliphatic heterocycles. The van der Waals surface area contributed by atoms with Crippen LogP contribution in [-0.4, -0.2) is 63.5 Å². The quantitative estimate of drug-likeness (QED) is 0.496. The molecule has 35 heavy (non-hydrogen) atoms. The van der Waals surface area contributed by atoms with Gasteiger partial charge in [-0.05, 0) is 59.3 Å². The van der Waals surface area contributed by atoms with Gasteiger partial charge in [0.25, 0.3) is 11.1 Å². The molecule has 9 nitrogen and oxygen atoms in total. The van der Waals surface area contributed by atoms with E-state index in [1.807, 2.05) is 18.2 Å². The molecular weight excluding hydrogens is 472 g/mol. The number of hydrogen-bond donors (Lipinski definition) is 1. The summed E-state index contributed by atoms with van der Waals surface area (Å²) in [5.41, 5.74) is 1.42. The zero-order valence-electron chi connectivity index (χ0n) is 19.8. The van der Waals surface area contributed by atoms with Crippen molar-refractivity contribution in [3.63, 3.8) is 0 Å². The average Bonchev–Trinajstić information content (AvgIpc) is 3.14. The third-order valence-corrected chi connectivity index (χ3v) is 5.92. The van der Waals surface area contributed by atoms with E-state index in [1.54, 1.807) is 37.5 Å². The van der Waals surface area contributed by atoms with Gasteiger partial charge in [-0.1, -0.05) is 12.1 Å². The highest BCUT2D eigenvalue weighted by molar-refractivity contribution is 8.18. The van der Waals surface area contributed by atoms with Gasteiger partial charge in [-0.25, -0.2) is 0 Å². The largest absolute Gasteiger partial charge is 0.497 e. The summed E-state index contributed by atoms with van der Waals surface area (Å²) < 4.78 is 21.1. The first-order chi connectivity index (χ1) is 16.9. The minimum absolute atomic E-state index is 0.0516. The Labute approximate surface area is 207 Å². The van der Waals surface area contributed by atoms with Crippen molar-refractivity contribution in [3.05, 3.63) is 58.5 Å². The number of ether oxygens (including phenoxy) is 4. The van der Waals surface area contributed by atoms with Crippen LogP contribution in [0.3, 0.4) is 0 Å². The van der Waals surface area contributed by atoms with Crippen LogP contribution in [-0.2, 0) is 9.59 Å². The number of hydrogen-bond acceptors (Lipinski definition) is 8. The molecule has 1 heterocycles. The molecule has 0 bridgehead atoms. The van der Waals surface area contributed by atoms with Gasteiger partial charge in [-0.3, -0.25) is 19.3 Å². The fourth-order valence-electron chi connectivity index (χ4n) is 3.30. The lowest BCUT2D eigenvalue weighted by Gasteiger charge is -2.13. The average molecular weight is 499 g/mol. The summed E-state index contributed by atoms with van der Waals surface area (Å²) >= 11 is 0.830. The Morgan fingerprint density at radius 3 is 2.31 bits per heavy atom. The monoisotopic (exact) mass is 498 g/mol. The third-order valence-electron chi connectivity index (χ3n) is 5.01. The Morgan fingerprint density at radius 2 is 1.69 bits per heavy atom. The van der Waals surface area contributed by atoms with E-state index in [4.69, 9.17) is 18.9 Å². The lowest BCUT2D eigenvalue weighted by molar-refractivity contribution is -0.123. The molecule has 2 aromatic rings. The summed E-state index contributed by atoms with van der Waals surface area (Å²) in [6, 6.07) is 10.6. The Balaban J connectivity index is 1.61. The van der Waals surface area contributed by atoms with Crippen LogP contribution in [0, 0.1) is 0 Å². The maximum atomic E-state index is 12.8. The molecule has 0 aromatic heterocycles. The molecule has 10 heteroatoms. The topological polar surface area (TPSA) is 103 Å². The SMILES string of the molecule is COc1cccc(/C=C/C(=O)NCCN2C(=O)S/C(=C\c3cc(OC)c(OC)c(OC)c3)C2=O)c1. The number of thioether (sulfide) groups is 1. The van der Waals surface area contributed by atoms with E-state index < -0.39 is 11.1 Å². The van der Waals surface area contributed by atoms with Gasteiger partial charge in [0.15, 0.2) is 11.5 Å². The van der Waals surface area contributed by atoms with E-state index in [1.165, 1.54) is 27.4 Å². The minimum atomic E-state index is -0.435. The molecule has 184 valence electrons. The normalized spacial score (nSPS) is 14.5. The number of nitrogens with one attached hydrogen (secondary N) is 1. The Bertz CT molecular complexity index is 1150. The number of nitrogens with zero attached hydrogens (tertiary/aromatic N) is 1. The highest BCUT2D eigenvalue weighted by Crippen LogP contribution is 2.40. The molecule has 3 amide bonds. The molecular formula is C25H26N2O7S. The maximum Gasteiger partial charge on any atom is 0.293 e.